The Morgan fingerprint density at radius 3 is 3.00 bits per heavy atom. The summed E-state index contributed by atoms with van der Waals surface area (Å²) in [6.07, 6.45) is 6.24. The zero-order chi connectivity index (χ0) is 9.97. The molecular weight excluding hydrogens is 198 g/mol. The number of rotatable bonds is 3. The summed E-state index contributed by atoms with van der Waals surface area (Å²) in [7, 11) is 1.89. The monoisotopic (exact) mass is 209 g/mol. The van der Waals surface area contributed by atoms with Crippen molar-refractivity contribution in [2.24, 2.45) is 12.8 Å². The Kier molecular flexibility index (Phi) is 2.55. The minimum Gasteiger partial charge on any atom is -0.322 e. The quantitative estimate of drug-likeness (QED) is 0.799. The Hall–Kier alpha value is -1.27. The lowest BCUT2D eigenvalue weighted by Crippen LogP contribution is -2.13. The smallest absolute Gasteiger partial charge is 0.0913 e. The van der Waals surface area contributed by atoms with Crippen LogP contribution >= 0.6 is 11.7 Å². The maximum Gasteiger partial charge on any atom is 0.0913 e. The van der Waals surface area contributed by atoms with E-state index in [9.17, 15) is 0 Å². The maximum atomic E-state index is 5.95. The molecule has 0 bridgehead atoms. The zero-order valence-electron chi connectivity index (χ0n) is 7.79. The van der Waals surface area contributed by atoms with Gasteiger partial charge in [-0.15, -0.1) is 0 Å². The topological polar surface area (TPSA) is 69.6 Å². The summed E-state index contributed by atoms with van der Waals surface area (Å²) in [5.74, 6) is 0. The molecule has 5 nitrogen and oxygen atoms in total. The van der Waals surface area contributed by atoms with Gasteiger partial charge in [-0.3, -0.25) is 4.68 Å². The van der Waals surface area contributed by atoms with Gasteiger partial charge in [0, 0.05) is 13.2 Å². The largest absolute Gasteiger partial charge is 0.322 e. The molecule has 2 N–H and O–H groups in total. The first kappa shape index (κ1) is 9.29. The van der Waals surface area contributed by atoms with Crippen LogP contribution in [0.3, 0.4) is 0 Å². The van der Waals surface area contributed by atoms with Crippen molar-refractivity contribution in [3.63, 3.8) is 0 Å². The molecule has 1 unspecified atom stereocenters. The Morgan fingerprint density at radius 1 is 1.57 bits per heavy atom. The van der Waals surface area contributed by atoms with Crippen molar-refractivity contribution < 1.29 is 0 Å². The minimum atomic E-state index is -0.0852. The first-order chi connectivity index (χ1) is 6.75. The van der Waals surface area contributed by atoms with Crippen molar-refractivity contribution in [3.8, 4) is 0 Å². The summed E-state index contributed by atoms with van der Waals surface area (Å²) in [5.41, 5.74) is 7.91. The van der Waals surface area contributed by atoms with Crippen LogP contribution in [0, 0.1) is 0 Å². The van der Waals surface area contributed by atoms with Gasteiger partial charge in [-0.1, -0.05) is 0 Å². The highest BCUT2D eigenvalue weighted by atomic mass is 32.1. The number of hydrogen-bond donors (Lipinski definition) is 1. The molecule has 1 atom stereocenters. The minimum absolute atomic E-state index is 0.0852. The highest BCUT2D eigenvalue weighted by molar-refractivity contribution is 6.99. The van der Waals surface area contributed by atoms with Crippen molar-refractivity contribution in [1.82, 2.24) is 18.5 Å². The van der Waals surface area contributed by atoms with Crippen molar-refractivity contribution in [1.29, 1.82) is 0 Å². The SMILES string of the molecule is Cn1cc(CC(N)c2cnsn2)cn1. The highest BCUT2D eigenvalue weighted by Crippen LogP contribution is 2.13. The van der Waals surface area contributed by atoms with Crippen molar-refractivity contribution in [3.05, 3.63) is 29.8 Å². The van der Waals surface area contributed by atoms with E-state index >= 15 is 0 Å². The Bertz CT molecular complexity index is 394. The van der Waals surface area contributed by atoms with Gasteiger partial charge in [0.05, 0.1) is 35.9 Å². The highest BCUT2D eigenvalue weighted by Gasteiger charge is 2.10. The van der Waals surface area contributed by atoms with Gasteiger partial charge >= 0.3 is 0 Å². The van der Waals surface area contributed by atoms with Crippen molar-refractivity contribution >= 4 is 11.7 Å². The molecule has 0 fully saturated rings. The van der Waals surface area contributed by atoms with E-state index in [4.69, 9.17) is 5.73 Å². The van der Waals surface area contributed by atoms with Gasteiger partial charge in [0.15, 0.2) is 0 Å². The molecule has 0 aliphatic heterocycles. The molecule has 0 saturated heterocycles. The van der Waals surface area contributed by atoms with Crippen LogP contribution in [0.1, 0.15) is 17.3 Å². The third-order valence-electron chi connectivity index (χ3n) is 1.97. The molecule has 14 heavy (non-hydrogen) atoms. The van der Waals surface area contributed by atoms with E-state index in [0.717, 1.165) is 17.7 Å². The van der Waals surface area contributed by atoms with E-state index in [1.807, 2.05) is 19.4 Å². The predicted molar refractivity (Wildman–Crippen MR) is 53.7 cm³/mol. The van der Waals surface area contributed by atoms with Gasteiger partial charge < -0.3 is 5.73 Å². The number of hydrogen-bond acceptors (Lipinski definition) is 5. The van der Waals surface area contributed by atoms with E-state index in [-0.39, 0.29) is 6.04 Å². The summed E-state index contributed by atoms with van der Waals surface area (Å²) in [5, 5.41) is 4.08. The van der Waals surface area contributed by atoms with E-state index in [1.165, 1.54) is 11.7 Å². The van der Waals surface area contributed by atoms with Crippen LogP contribution in [0.4, 0.5) is 0 Å². The Labute approximate surface area is 85.9 Å². The number of nitrogens with two attached hydrogens (primary N) is 1. The van der Waals surface area contributed by atoms with E-state index in [0.29, 0.717) is 0 Å². The summed E-state index contributed by atoms with van der Waals surface area (Å²) >= 11 is 1.18. The van der Waals surface area contributed by atoms with Crippen molar-refractivity contribution in [2.75, 3.05) is 0 Å². The summed E-state index contributed by atoms with van der Waals surface area (Å²) < 4.78 is 9.78. The molecule has 0 aliphatic carbocycles. The number of aryl methyl sites for hydroxylation is 1. The molecule has 2 heterocycles. The summed E-state index contributed by atoms with van der Waals surface area (Å²) in [4.78, 5) is 0. The second-order valence-electron chi connectivity index (χ2n) is 3.17. The molecule has 0 spiro atoms. The fourth-order valence-corrected chi connectivity index (χ4v) is 1.75. The lowest BCUT2D eigenvalue weighted by Gasteiger charge is -2.04. The van der Waals surface area contributed by atoms with Gasteiger partial charge in [-0.2, -0.15) is 13.8 Å². The number of aromatic nitrogens is 4. The maximum absolute atomic E-state index is 5.95. The van der Waals surface area contributed by atoms with Crippen LogP contribution in [0.15, 0.2) is 18.6 Å². The molecule has 0 radical (unpaired) electrons. The molecule has 6 heteroatoms. The van der Waals surface area contributed by atoms with E-state index in [1.54, 1.807) is 10.9 Å². The molecule has 2 rings (SSSR count). The molecule has 74 valence electrons. The van der Waals surface area contributed by atoms with Gasteiger partial charge in [-0.05, 0) is 12.0 Å². The van der Waals surface area contributed by atoms with Crippen LogP contribution in [0.5, 0.6) is 0 Å². The molecule has 2 aromatic rings. The van der Waals surface area contributed by atoms with E-state index < -0.39 is 0 Å². The molecule has 0 saturated carbocycles. The normalized spacial score (nSPS) is 13.0. The average molecular weight is 209 g/mol. The van der Waals surface area contributed by atoms with Crippen LogP contribution in [0.2, 0.25) is 0 Å². The first-order valence-corrected chi connectivity index (χ1v) is 4.99. The molecular formula is C8H11N5S. The first-order valence-electron chi connectivity index (χ1n) is 4.26. The Morgan fingerprint density at radius 2 is 2.43 bits per heavy atom. The zero-order valence-corrected chi connectivity index (χ0v) is 8.61. The van der Waals surface area contributed by atoms with E-state index in [2.05, 4.69) is 13.8 Å². The lowest BCUT2D eigenvalue weighted by molar-refractivity contribution is 0.702. The van der Waals surface area contributed by atoms with Crippen LogP contribution in [0.25, 0.3) is 0 Å². The van der Waals surface area contributed by atoms with Crippen LogP contribution in [-0.4, -0.2) is 18.5 Å². The van der Waals surface area contributed by atoms with Crippen molar-refractivity contribution in [2.45, 2.75) is 12.5 Å². The van der Waals surface area contributed by atoms with Gasteiger partial charge in [-0.25, -0.2) is 0 Å². The van der Waals surface area contributed by atoms with Crippen LogP contribution < -0.4 is 5.73 Å². The molecule has 0 aromatic carbocycles. The lowest BCUT2D eigenvalue weighted by atomic mass is 10.1. The predicted octanol–water partition coefficient (Wildman–Crippen LogP) is 0.514. The molecule has 0 aliphatic rings. The Balaban J connectivity index is 2.05. The third-order valence-corrected chi connectivity index (χ3v) is 2.46. The fourth-order valence-electron chi connectivity index (χ4n) is 1.27. The fraction of sp³-hybridized carbons (Fsp3) is 0.375. The number of nitrogens with zero attached hydrogens (tertiary/aromatic N) is 4. The van der Waals surface area contributed by atoms with Crippen LogP contribution in [-0.2, 0) is 13.5 Å². The average Bonchev–Trinajstić information content (AvgIpc) is 2.75. The van der Waals surface area contributed by atoms with Gasteiger partial charge in [0.25, 0.3) is 0 Å². The standard InChI is InChI=1S/C8H11N5S/c1-13-5-6(3-10-13)2-7(9)8-4-11-14-12-8/h3-5,7H,2,9H2,1H3. The third kappa shape index (κ3) is 1.97. The van der Waals surface area contributed by atoms with Gasteiger partial charge in [0.2, 0.25) is 0 Å². The van der Waals surface area contributed by atoms with Gasteiger partial charge in [0.1, 0.15) is 0 Å². The molecule has 2 aromatic heterocycles. The second-order valence-corrected chi connectivity index (χ2v) is 3.72. The second kappa shape index (κ2) is 3.85. The summed E-state index contributed by atoms with van der Waals surface area (Å²) in [6, 6.07) is -0.0852. The molecule has 0 amide bonds. The summed E-state index contributed by atoms with van der Waals surface area (Å²) in [6.45, 7) is 0.